The van der Waals surface area contributed by atoms with Gasteiger partial charge in [-0.05, 0) is 12.6 Å². The second-order valence-electron chi connectivity index (χ2n) is 4.67. The average molecular weight is 304 g/mol. The normalized spacial score (nSPS) is 16.5. The lowest BCUT2D eigenvalue weighted by Gasteiger charge is -2.10. The van der Waals surface area contributed by atoms with Crippen molar-refractivity contribution in [2.75, 3.05) is 11.9 Å². The zero-order valence-corrected chi connectivity index (χ0v) is 12.1. The first-order chi connectivity index (χ1) is 10.2. The average Bonchev–Trinajstić information content (AvgIpc) is 2.75. The van der Waals surface area contributed by atoms with Gasteiger partial charge in [0.05, 0.1) is 11.2 Å². The molecule has 1 atom stereocenters. The number of carbonyl (C=O) groups is 1. The van der Waals surface area contributed by atoms with E-state index in [1.807, 2.05) is 19.1 Å². The summed E-state index contributed by atoms with van der Waals surface area (Å²) in [7, 11) is 0. The summed E-state index contributed by atoms with van der Waals surface area (Å²) < 4.78 is 5.70. The summed E-state index contributed by atoms with van der Waals surface area (Å²) in [5.41, 5.74) is 1.69. The van der Waals surface area contributed by atoms with E-state index in [-0.39, 0.29) is 11.9 Å². The van der Waals surface area contributed by atoms with Gasteiger partial charge in [0, 0.05) is 29.6 Å². The summed E-state index contributed by atoms with van der Waals surface area (Å²) >= 11 is 5.87. The van der Waals surface area contributed by atoms with Crippen molar-refractivity contribution < 1.29 is 9.53 Å². The minimum atomic E-state index is -0.299. The highest BCUT2D eigenvalue weighted by Crippen LogP contribution is 2.35. The fourth-order valence-electron chi connectivity index (χ4n) is 2.30. The highest BCUT2D eigenvalue weighted by molar-refractivity contribution is 6.30. The SMILES string of the molecule is CCNC1C(=O)Nc2cc(Oc3cncc(Cl)c3)ccc21. The minimum absolute atomic E-state index is 0.0478. The van der Waals surface area contributed by atoms with E-state index in [1.165, 1.54) is 0 Å². The molecule has 1 unspecified atom stereocenters. The van der Waals surface area contributed by atoms with Crippen LogP contribution in [-0.4, -0.2) is 17.4 Å². The molecule has 0 saturated carbocycles. The molecular weight excluding hydrogens is 290 g/mol. The van der Waals surface area contributed by atoms with Crippen LogP contribution in [0.2, 0.25) is 5.02 Å². The fraction of sp³-hybridized carbons (Fsp3) is 0.200. The van der Waals surface area contributed by atoms with E-state index in [1.54, 1.807) is 24.5 Å². The number of aromatic nitrogens is 1. The third-order valence-electron chi connectivity index (χ3n) is 3.18. The van der Waals surface area contributed by atoms with Gasteiger partial charge in [0.2, 0.25) is 5.91 Å². The maximum atomic E-state index is 11.9. The lowest BCUT2D eigenvalue weighted by atomic mass is 10.1. The van der Waals surface area contributed by atoms with E-state index in [2.05, 4.69) is 15.6 Å². The number of hydrogen-bond donors (Lipinski definition) is 2. The first kappa shape index (κ1) is 13.9. The number of likely N-dealkylation sites (N-methyl/N-ethyl adjacent to an activating group) is 1. The number of hydrogen-bond acceptors (Lipinski definition) is 4. The van der Waals surface area contributed by atoms with Gasteiger partial charge in [-0.15, -0.1) is 0 Å². The van der Waals surface area contributed by atoms with Crippen molar-refractivity contribution in [3.8, 4) is 11.5 Å². The quantitative estimate of drug-likeness (QED) is 0.911. The largest absolute Gasteiger partial charge is 0.456 e. The van der Waals surface area contributed by atoms with Gasteiger partial charge in [-0.25, -0.2) is 0 Å². The van der Waals surface area contributed by atoms with Gasteiger partial charge in [0.1, 0.15) is 17.5 Å². The standard InChI is InChI=1S/C15H14ClN3O2/c1-2-18-14-12-4-3-10(6-13(12)19-15(14)20)21-11-5-9(16)7-17-8-11/h3-8,14,18H,2H2,1H3,(H,19,20). The Bertz CT molecular complexity index is 690. The van der Waals surface area contributed by atoms with Gasteiger partial charge in [-0.3, -0.25) is 9.78 Å². The van der Waals surface area contributed by atoms with Gasteiger partial charge in [-0.2, -0.15) is 0 Å². The summed E-state index contributed by atoms with van der Waals surface area (Å²) in [5.74, 6) is 1.12. The molecule has 0 bridgehead atoms. The number of halogens is 1. The highest BCUT2D eigenvalue weighted by atomic mass is 35.5. The zero-order valence-electron chi connectivity index (χ0n) is 11.4. The van der Waals surface area contributed by atoms with Gasteiger partial charge >= 0.3 is 0 Å². The first-order valence-corrected chi connectivity index (χ1v) is 7.02. The van der Waals surface area contributed by atoms with Crippen molar-refractivity contribution in [1.82, 2.24) is 10.3 Å². The smallest absolute Gasteiger partial charge is 0.246 e. The molecule has 0 spiro atoms. The second-order valence-corrected chi connectivity index (χ2v) is 5.11. The van der Waals surface area contributed by atoms with Crippen LogP contribution in [-0.2, 0) is 4.79 Å². The number of ether oxygens (including phenoxy) is 1. The molecule has 1 aliphatic rings. The Balaban J connectivity index is 1.84. The Hall–Kier alpha value is -2.11. The van der Waals surface area contributed by atoms with Crippen molar-refractivity contribution >= 4 is 23.2 Å². The number of nitrogens with zero attached hydrogens (tertiary/aromatic N) is 1. The predicted molar refractivity (Wildman–Crippen MR) is 80.8 cm³/mol. The number of rotatable bonds is 4. The van der Waals surface area contributed by atoms with Gasteiger partial charge in [-0.1, -0.05) is 24.6 Å². The van der Waals surface area contributed by atoms with Gasteiger partial charge in [0.15, 0.2) is 0 Å². The van der Waals surface area contributed by atoms with Crippen LogP contribution in [0, 0.1) is 0 Å². The summed E-state index contributed by atoms with van der Waals surface area (Å²) in [4.78, 5) is 15.9. The summed E-state index contributed by atoms with van der Waals surface area (Å²) in [5, 5.41) is 6.50. The highest BCUT2D eigenvalue weighted by Gasteiger charge is 2.29. The minimum Gasteiger partial charge on any atom is -0.456 e. The van der Waals surface area contributed by atoms with Crippen molar-refractivity contribution in [3.63, 3.8) is 0 Å². The number of carbonyl (C=O) groups excluding carboxylic acids is 1. The maximum absolute atomic E-state index is 11.9. The first-order valence-electron chi connectivity index (χ1n) is 6.64. The van der Waals surface area contributed by atoms with E-state index in [0.717, 1.165) is 17.8 Å². The van der Waals surface area contributed by atoms with Crippen molar-refractivity contribution in [2.24, 2.45) is 0 Å². The number of anilines is 1. The Kier molecular flexibility index (Phi) is 3.77. The second kappa shape index (κ2) is 5.71. The topological polar surface area (TPSA) is 63.2 Å². The van der Waals surface area contributed by atoms with Crippen molar-refractivity contribution in [1.29, 1.82) is 0 Å². The summed E-state index contributed by atoms with van der Waals surface area (Å²) in [6.07, 6.45) is 3.12. The molecule has 6 heteroatoms. The lowest BCUT2D eigenvalue weighted by molar-refractivity contribution is -0.117. The summed E-state index contributed by atoms with van der Waals surface area (Å²) in [6.45, 7) is 2.69. The van der Waals surface area contributed by atoms with Crippen LogP contribution >= 0.6 is 11.6 Å². The molecule has 0 aliphatic carbocycles. The molecule has 2 heterocycles. The lowest BCUT2D eigenvalue weighted by Crippen LogP contribution is -2.27. The molecule has 0 radical (unpaired) electrons. The van der Waals surface area contributed by atoms with Gasteiger partial charge < -0.3 is 15.4 Å². The van der Waals surface area contributed by atoms with E-state index in [9.17, 15) is 4.79 Å². The third kappa shape index (κ3) is 2.84. The molecule has 108 valence electrons. The van der Waals surface area contributed by atoms with Crippen molar-refractivity contribution in [2.45, 2.75) is 13.0 Å². The molecule has 1 aromatic carbocycles. The van der Waals surface area contributed by atoms with Crippen LogP contribution in [0.15, 0.2) is 36.7 Å². The number of amides is 1. The van der Waals surface area contributed by atoms with Crippen LogP contribution in [0.3, 0.4) is 0 Å². The molecule has 21 heavy (non-hydrogen) atoms. The van der Waals surface area contributed by atoms with E-state index in [4.69, 9.17) is 16.3 Å². The predicted octanol–water partition coefficient (Wildman–Crippen LogP) is 3.13. The third-order valence-corrected chi connectivity index (χ3v) is 3.39. The molecule has 0 fully saturated rings. The van der Waals surface area contributed by atoms with Crippen molar-refractivity contribution in [3.05, 3.63) is 47.2 Å². The fourth-order valence-corrected chi connectivity index (χ4v) is 2.46. The Morgan fingerprint density at radius 3 is 2.95 bits per heavy atom. The van der Waals surface area contributed by atoms with Crippen LogP contribution in [0.5, 0.6) is 11.5 Å². The maximum Gasteiger partial charge on any atom is 0.246 e. The molecule has 1 amide bonds. The van der Waals surface area contributed by atoms with Gasteiger partial charge in [0.25, 0.3) is 0 Å². The van der Waals surface area contributed by atoms with E-state index in [0.29, 0.717) is 16.5 Å². The van der Waals surface area contributed by atoms with Crippen LogP contribution in [0.1, 0.15) is 18.5 Å². The molecule has 0 saturated heterocycles. The summed E-state index contributed by atoms with van der Waals surface area (Å²) in [6, 6.07) is 6.89. The molecular formula is C15H14ClN3O2. The monoisotopic (exact) mass is 303 g/mol. The Morgan fingerprint density at radius 1 is 1.33 bits per heavy atom. The van der Waals surface area contributed by atoms with E-state index < -0.39 is 0 Å². The van der Waals surface area contributed by atoms with E-state index >= 15 is 0 Å². The number of benzene rings is 1. The molecule has 5 nitrogen and oxygen atoms in total. The number of fused-ring (bicyclic) bond motifs is 1. The van der Waals surface area contributed by atoms with Crippen LogP contribution in [0.25, 0.3) is 0 Å². The van der Waals surface area contributed by atoms with Crippen LogP contribution < -0.4 is 15.4 Å². The zero-order chi connectivity index (χ0) is 14.8. The molecule has 1 aliphatic heterocycles. The Labute approximate surface area is 127 Å². The molecule has 1 aromatic heterocycles. The molecule has 2 N–H and O–H groups in total. The van der Waals surface area contributed by atoms with Crippen LogP contribution in [0.4, 0.5) is 5.69 Å². The number of pyridine rings is 1. The number of nitrogens with one attached hydrogen (secondary N) is 2. The molecule has 3 rings (SSSR count). The Morgan fingerprint density at radius 2 is 2.19 bits per heavy atom. The molecule has 2 aromatic rings.